The normalized spacial score (nSPS) is 17.3. The Morgan fingerprint density at radius 1 is 1.00 bits per heavy atom. The molecule has 152 valence electrons. The van der Waals surface area contributed by atoms with Crippen molar-refractivity contribution in [1.82, 2.24) is 9.29 Å². The maximum Gasteiger partial charge on any atom is 0.268 e. The Morgan fingerprint density at radius 3 is 2.62 bits per heavy atom. The van der Waals surface area contributed by atoms with E-state index in [4.69, 9.17) is 4.74 Å². The number of para-hydroxylation sites is 1. The number of piperazine rings is 1. The maximum atomic E-state index is 13.6. The van der Waals surface area contributed by atoms with E-state index in [0.717, 1.165) is 49.5 Å². The lowest BCUT2D eigenvalue weighted by Crippen LogP contribution is -2.43. The first kappa shape index (κ1) is 18.3. The van der Waals surface area contributed by atoms with E-state index in [0.29, 0.717) is 17.9 Å². The molecule has 0 unspecified atom stereocenters. The van der Waals surface area contributed by atoms with Gasteiger partial charge in [0.25, 0.3) is 10.0 Å². The highest BCUT2D eigenvalue weighted by molar-refractivity contribution is 7.90. The third-order valence-electron chi connectivity index (χ3n) is 5.70. The van der Waals surface area contributed by atoms with E-state index in [-0.39, 0.29) is 4.90 Å². The molecule has 5 rings (SSSR count). The average molecular weight is 413 g/mol. The first-order valence-electron chi connectivity index (χ1n) is 9.85. The van der Waals surface area contributed by atoms with Crippen LogP contribution in [0.4, 0.5) is 11.4 Å². The van der Waals surface area contributed by atoms with Crippen LogP contribution in [0, 0.1) is 0 Å². The van der Waals surface area contributed by atoms with Crippen LogP contribution in [0.15, 0.2) is 53.6 Å². The molecule has 1 saturated heterocycles. The van der Waals surface area contributed by atoms with Crippen LogP contribution >= 0.6 is 0 Å². The minimum Gasteiger partial charge on any atom is -0.490 e. The van der Waals surface area contributed by atoms with Gasteiger partial charge in [0.2, 0.25) is 0 Å². The van der Waals surface area contributed by atoms with Crippen molar-refractivity contribution < 1.29 is 13.2 Å². The molecule has 2 aliphatic rings. The smallest absolute Gasteiger partial charge is 0.268 e. The standard InChI is InChI=1S/C21H24N4O3S/c1-23-12-13-28-21-14-16(6-7-19(21)23)29(26,27)25-15-20(24-10-8-22-9-11-24)17-4-2-3-5-18(17)25/h2-7,14-15,22H,8-13H2,1H3. The summed E-state index contributed by atoms with van der Waals surface area (Å²) in [6, 6.07) is 12.8. The molecule has 2 aliphatic heterocycles. The van der Waals surface area contributed by atoms with E-state index in [1.165, 1.54) is 3.97 Å². The average Bonchev–Trinajstić information content (AvgIpc) is 3.15. The van der Waals surface area contributed by atoms with Crippen molar-refractivity contribution in [2.45, 2.75) is 4.90 Å². The van der Waals surface area contributed by atoms with Gasteiger partial charge < -0.3 is 19.9 Å². The summed E-state index contributed by atoms with van der Waals surface area (Å²) in [7, 11) is -1.78. The second-order valence-electron chi connectivity index (χ2n) is 7.47. The van der Waals surface area contributed by atoms with E-state index in [9.17, 15) is 8.42 Å². The topological polar surface area (TPSA) is 66.8 Å². The molecular formula is C21H24N4O3S. The highest BCUT2D eigenvalue weighted by Gasteiger charge is 2.26. The number of likely N-dealkylation sites (N-methyl/N-ethyl adjacent to an activating group) is 1. The lowest BCUT2D eigenvalue weighted by Gasteiger charge is -2.28. The van der Waals surface area contributed by atoms with Gasteiger partial charge in [-0.3, -0.25) is 0 Å². The summed E-state index contributed by atoms with van der Waals surface area (Å²) in [5.74, 6) is 0.610. The molecule has 8 heteroatoms. The molecule has 0 aliphatic carbocycles. The van der Waals surface area contributed by atoms with Crippen LogP contribution < -0.4 is 19.9 Å². The Morgan fingerprint density at radius 2 is 1.79 bits per heavy atom. The third kappa shape index (κ3) is 3.03. The number of hydrogen-bond acceptors (Lipinski definition) is 6. The van der Waals surface area contributed by atoms with Crippen molar-refractivity contribution in [3.8, 4) is 5.75 Å². The lowest BCUT2D eigenvalue weighted by molar-refractivity contribution is 0.310. The van der Waals surface area contributed by atoms with Gasteiger partial charge in [-0.1, -0.05) is 18.2 Å². The van der Waals surface area contributed by atoms with Crippen molar-refractivity contribution in [3.63, 3.8) is 0 Å². The zero-order valence-corrected chi connectivity index (χ0v) is 17.2. The summed E-state index contributed by atoms with van der Waals surface area (Å²) < 4.78 is 34.3. The fourth-order valence-corrected chi connectivity index (χ4v) is 5.48. The van der Waals surface area contributed by atoms with Crippen LogP contribution in [0.5, 0.6) is 5.75 Å². The molecule has 0 amide bonds. The van der Waals surface area contributed by atoms with Gasteiger partial charge in [-0.25, -0.2) is 12.4 Å². The Kier molecular flexibility index (Phi) is 4.40. The summed E-state index contributed by atoms with van der Waals surface area (Å²) in [6.07, 6.45) is 1.76. The van der Waals surface area contributed by atoms with Crippen molar-refractivity contribution >= 4 is 32.3 Å². The molecule has 0 bridgehead atoms. The van der Waals surface area contributed by atoms with Crippen molar-refractivity contribution in [2.24, 2.45) is 0 Å². The molecule has 2 aromatic carbocycles. The van der Waals surface area contributed by atoms with Crippen LogP contribution in [0.25, 0.3) is 10.9 Å². The zero-order chi connectivity index (χ0) is 20.0. The Bertz CT molecular complexity index is 1170. The molecule has 3 aromatic rings. The van der Waals surface area contributed by atoms with Gasteiger partial charge in [-0.2, -0.15) is 0 Å². The molecule has 0 spiro atoms. The minimum atomic E-state index is -3.76. The molecule has 0 atom stereocenters. The van der Waals surface area contributed by atoms with Gasteiger partial charge >= 0.3 is 0 Å². The Balaban J connectivity index is 1.63. The molecule has 7 nitrogen and oxygen atoms in total. The molecule has 1 N–H and O–H groups in total. The molecule has 0 saturated carbocycles. The van der Waals surface area contributed by atoms with E-state index in [1.807, 2.05) is 37.4 Å². The summed E-state index contributed by atoms with van der Waals surface area (Å²) in [5, 5.41) is 4.29. The van der Waals surface area contributed by atoms with Crippen molar-refractivity contribution in [1.29, 1.82) is 0 Å². The highest BCUT2D eigenvalue weighted by atomic mass is 32.2. The van der Waals surface area contributed by atoms with Gasteiger partial charge in [-0.15, -0.1) is 0 Å². The predicted molar refractivity (Wildman–Crippen MR) is 115 cm³/mol. The van der Waals surface area contributed by atoms with E-state index >= 15 is 0 Å². The molecular weight excluding hydrogens is 388 g/mol. The number of anilines is 2. The second-order valence-corrected chi connectivity index (χ2v) is 9.28. The van der Waals surface area contributed by atoms with Crippen LogP contribution in [0.3, 0.4) is 0 Å². The SMILES string of the molecule is CN1CCOc2cc(S(=O)(=O)n3cc(N4CCNCC4)c4ccccc43)ccc21. The molecule has 0 radical (unpaired) electrons. The molecule has 29 heavy (non-hydrogen) atoms. The van der Waals surface area contributed by atoms with Crippen LogP contribution in [0.2, 0.25) is 0 Å². The van der Waals surface area contributed by atoms with Crippen molar-refractivity contribution in [3.05, 3.63) is 48.7 Å². The summed E-state index contributed by atoms with van der Waals surface area (Å²) in [5.41, 5.74) is 2.56. The first-order valence-corrected chi connectivity index (χ1v) is 11.3. The molecule has 1 fully saturated rings. The lowest BCUT2D eigenvalue weighted by atomic mass is 10.2. The second kappa shape index (κ2) is 6.96. The number of fused-ring (bicyclic) bond motifs is 2. The number of nitrogens with zero attached hydrogens (tertiary/aromatic N) is 3. The monoisotopic (exact) mass is 412 g/mol. The number of hydrogen-bond donors (Lipinski definition) is 1. The Labute approximate surface area is 170 Å². The van der Waals surface area contributed by atoms with Gasteiger partial charge in [0.15, 0.2) is 0 Å². The van der Waals surface area contributed by atoms with Crippen LogP contribution in [-0.4, -0.2) is 58.8 Å². The Hall–Kier alpha value is -2.71. The fourth-order valence-electron chi connectivity index (χ4n) is 4.10. The fraction of sp³-hybridized carbons (Fsp3) is 0.333. The van der Waals surface area contributed by atoms with Crippen molar-refractivity contribution in [2.75, 3.05) is 56.2 Å². The van der Waals surface area contributed by atoms with Gasteiger partial charge in [0.05, 0.1) is 28.3 Å². The first-order chi connectivity index (χ1) is 14.1. The quantitative estimate of drug-likeness (QED) is 0.711. The maximum absolute atomic E-state index is 13.6. The summed E-state index contributed by atoms with van der Waals surface area (Å²) in [6.45, 7) is 4.83. The van der Waals surface area contributed by atoms with E-state index in [2.05, 4.69) is 15.1 Å². The predicted octanol–water partition coefficient (Wildman–Crippen LogP) is 2.12. The summed E-state index contributed by atoms with van der Waals surface area (Å²) >= 11 is 0. The summed E-state index contributed by atoms with van der Waals surface area (Å²) in [4.78, 5) is 4.55. The highest BCUT2D eigenvalue weighted by Crippen LogP contribution is 2.36. The number of aromatic nitrogens is 1. The number of benzene rings is 2. The number of nitrogens with one attached hydrogen (secondary N) is 1. The van der Waals surface area contributed by atoms with Gasteiger partial charge in [-0.05, 0) is 18.2 Å². The number of ether oxygens (including phenoxy) is 1. The van der Waals surface area contributed by atoms with E-state index < -0.39 is 10.0 Å². The third-order valence-corrected chi connectivity index (χ3v) is 7.37. The minimum absolute atomic E-state index is 0.235. The largest absolute Gasteiger partial charge is 0.490 e. The molecule has 3 heterocycles. The van der Waals surface area contributed by atoms with Crippen LogP contribution in [0.1, 0.15) is 0 Å². The number of rotatable bonds is 3. The van der Waals surface area contributed by atoms with Gasteiger partial charge in [0, 0.05) is 50.9 Å². The zero-order valence-electron chi connectivity index (χ0n) is 16.3. The van der Waals surface area contributed by atoms with Crippen LogP contribution in [-0.2, 0) is 10.0 Å². The van der Waals surface area contributed by atoms with Gasteiger partial charge in [0.1, 0.15) is 12.4 Å². The molecule has 1 aromatic heterocycles. The van der Waals surface area contributed by atoms with E-state index in [1.54, 1.807) is 18.3 Å².